The smallest absolute Gasteiger partial charge is 0.319 e. The molecule has 0 aliphatic rings. The van der Waals surface area contributed by atoms with Gasteiger partial charge in [0.2, 0.25) is 0 Å². The first-order valence-corrected chi connectivity index (χ1v) is 9.47. The molecule has 0 radical (unpaired) electrons. The van der Waals surface area contributed by atoms with E-state index < -0.39 is 12.1 Å². The molecule has 2 aromatic rings. The van der Waals surface area contributed by atoms with Crippen molar-refractivity contribution < 1.29 is 19.8 Å². The van der Waals surface area contributed by atoms with Crippen molar-refractivity contribution in [2.45, 2.75) is 18.9 Å². The Morgan fingerprint density at radius 1 is 1.07 bits per heavy atom. The SMILES string of the molecule is N/C(=N\OCCO)C(Cc1ccc(CCO)cc1)NC(=O)Nc1ccc(Cl)cc1. The maximum absolute atomic E-state index is 12.4. The molecule has 0 heterocycles. The number of hydrogen-bond donors (Lipinski definition) is 5. The van der Waals surface area contributed by atoms with Crippen LogP contribution in [0.1, 0.15) is 11.1 Å². The predicted molar refractivity (Wildman–Crippen MR) is 113 cm³/mol. The number of rotatable bonds is 10. The fourth-order valence-electron chi connectivity index (χ4n) is 2.52. The van der Waals surface area contributed by atoms with E-state index in [-0.39, 0.29) is 25.7 Å². The molecule has 8 nitrogen and oxygen atoms in total. The number of anilines is 1. The van der Waals surface area contributed by atoms with Gasteiger partial charge in [0, 0.05) is 23.7 Å². The maximum atomic E-state index is 12.4. The van der Waals surface area contributed by atoms with Gasteiger partial charge in [-0.15, -0.1) is 0 Å². The Balaban J connectivity index is 2.07. The molecule has 0 aliphatic carbocycles. The van der Waals surface area contributed by atoms with E-state index in [0.29, 0.717) is 23.6 Å². The second-order valence-corrected chi connectivity index (χ2v) is 6.66. The van der Waals surface area contributed by atoms with E-state index in [1.165, 1.54) is 0 Å². The summed E-state index contributed by atoms with van der Waals surface area (Å²) in [4.78, 5) is 17.3. The average molecular weight is 421 g/mol. The number of hydrogen-bond acceptors (Lipinski definition) is 5. The summed E-state index contributed by atoms with van der Waals surface area (Å²) in [5, 5.41) is 27.6. The zero-order valence-corrected chi connectivity index (χ0v) is 16.6. The largest absolute Gasteiger partial charge is 0.396 e. The zero-order valence-electron chi connectivity index (χ0n) is 15.8. The molecule has 0 bridgehead atoms. The molecule has 9 heteroatoms. The lowest BCUT2D eigenvalue weighted by Crippen LogP contribution is -2.47. The van der Waals surface area contributed by atoms with Crippen LogP contribution in [-0.2, 0) is 17.7 Å². The molecule has 0 fully saturated rings. The highest BCUT2D eigenvalue weighted by molar-refractivity contribution is 6.30. The van der Waals surface area contributed by atoms with E-state index in [2.05, 4.69) is 15.8 Å². The third-order valence-electron chi connectivity index (χ3n) is 3.98. The van der Waals surface area contributed by atoms with Crippen LogP contribution in [0.3, 0.4) is 0 Å². The summed E-state index contributed by atoms with van der Waals surface area (Å²) in [7, 11) is 0. The van der Waals surface area contributed by atoms with Crippen LogP contribution in [-0.4, -0.2) is 47.9 Å². The average Bonchev–Trinajstić information content (AvgIpc) is 2.71. The molecule has 0 saturated heterocycles. The van der Waals surface area contributed by atoms with Crippen LogP contribution in [0.15, 0.2) is 53.7 Å². The van der Waals surface area contributed by atoms with Crippen LogP contribution in [0.4, 0.5) is 10.5 Å². The number of nitrogens with zero attached hydrogens (tertiary/aromatic N) is 1. The van der Waals surface area contributed by atoms with Gasteiger partial charge in [-0.05, 0) is 41.8 Å². The molecule has 6 N–H and O–H groups in total. The summed E-state index contributed by atoms with van der Waals surface area (Å²) in [5.41, 5.74) is 8.50. The second kappa shape index (κ2) is 11.9. The number of oxime groups is 1. The first-order valence-electron chi connectivity index (χ1n) is 9.09. The third kappa shape index (κ3) is 7.98. The molecule has 1 atom stereocenters. The summed E-state index contributed by atoms with van der Waals surface area (Å²) >= 11 is 5.85. The normalized spacial score (nSPS) is 12.3. The first kappa shape index (κ1) is 22.5. The molecule has 0 spiro atoms. The second-order valence-electron chi connectivity index (χ2n) is 6.23. The van der Waals surface area contributed by atoms with Crippen LogP contribution in [0.25, 0.3) is 0 Å². The standard InChI is InChI=1S/C20H25ClN4O4/c21-16-5-7-17(8-6-16)23-20(28)24-18(19(22)25-29-12-11-27)13-15-3-1-14(2-4-15)9-10-26/h1-8,18,26-27H,9-13H2,(H2,22,25)(H2,23,24,28). The van der Waals surface area contributed by atoms with Crippen LogP contribution in [0.2, 0.25) is 5.02 Å². The minimum absolute atomic E-state index is 0.000246. The number of amides is 2. The number of carbonyl (C=O) groups excluding carboxylic acids is 1. The van der Waals surface area contributed by atoms with Gasteiger partial charge in [0.05, 0.1) is 12.6 Å². The van der Waals surface area contributed by atoms with E-state index in [9.17, 15) is 4.79 Å². The Morgan fingerprint density at radius 2 is 1.72 bits per heavy atom. The van der Waals surface area contributed by atoms with Gasteiger partial charge < -0.3 is 31.4 Å². The molecule has 2 amide bonds. The van der Waals surface area contributed by atoms with E-state index in [0.717, 1.165) is 11.1 Å². The number of nitrogens with two attached hydrogens (primary N) is 1. The Morgan fingerprint density at radius 3 is 2.34 bits per heavy atom. The number of benzene rings is 2. The lowest BCUT2D eigenvalue weighted by molar-refractivity contribution is 0.0975. The number of nitrogens with one attached hydrogen (secondary N) is 2. The molecule has 2 rings (SSSR count). The fourth-order valence-corrected chi connectivity index (χ4v) is 2.65. The Labute approximate surface area is 174 Å². The van der Waals surface area contributed by atoms with Gasteiger partial charge in [-0.2, -0.15) is 0 Å². The monoisotopic (exact) mass is 420 g/mol. The van der Waals surface area contributed by atoms with Crippen molar-refractivity contribution in [2.75, 3.05) is 25.1 Å². The fraction of sp³-hybridized carbons (Fsp3) is 0.300. The highest BCUT2D eigenvalue weighted by Gasteiger charge is 2.18. The topological polar surface area (TPSA) is 129 Å². The van der Waals surface area contributed by atoms with Crippen molar-refractivity contribution in [1.82, 2.24) is 5.32 Å². The quantitative estimate of drug-likeness (QED) is 0.173. The maximum Gasteiger partial charge on any atom is 0.319 e. The Hall–Kier alpha value is -2.81. The summed E-state index contributed by atoms with van der Waals surface area (Å²) in [6.07, 6.45) is 0.954. The van der Waals surface area contributed by atoms with Crippen molar-refractivity contribution in [3.8, 4) is 0 Å². The minimum atomic E-state index is -0.635. The number of aliphatic hydroxyl groups is 2. The minimum Gasteiger partial charge on any atom is -0.396 e. The van der Waals surface area contributed by atoms with Crippen molar-refractivity contribution in [3.05, 3.63) is 64.7 Å². The van der Waals surface area contributed by atoms with Gasteiger partial charge in [-0.3, -0.25) is 0 Å². The number of urea groups is 1. The van der Waals surface area contributed by atoms with E-state index >= 15 is 0 Å². The summed E-state index contributed by atoms with van der Waals surface area (Å²) in [6.45, 7) is -0.116. The third-order valence-corrected chi connectivity index (χ3v) is 4.23. The molecular weight excluding hydrogens is 396 g/mol. The molecule has 0 saturated carbocycles. The number of amidine groups is 1. The molecule has 2 aromatic carbocycles. The van der Waals surface area contributed by atoms with Crippen molar-refractivity contribution in [1.29, 1.82) is 0 Å². The highest BCUT2D eigenvalue weighted by Crippen LogP contribution is 2.13. The van der Waals surface area contributed by atoms with E-state index in [1.54, 1.807) is 24.3 Å². The molecule has 29 heavy (non-hydrogen) atoms. The van der Waals surface area contributed by atoms with E-state index in [4.69, 9.17) is 32.4 Å². The Bertz CT molecular complexity index is 797. The van der Waals surface area contributed by atoms with Crippen LogP contribution in [0.5, 0.6) is 0 Å². The molecular formula is C20H25ClN4O4. The number of aliphatic hydroxyl groups excluding tert-OH is 2. The molecule has 0 aliphatic heterocycles. The van der Waals surface area contributed by atoms with Crippen molar-refractivity contribution in [3.63, 3.8) is 0 Å². The zero-order chi connectivity index (χ0) is 21.1. The lowest BCUT2D eigenvalue weighted by atomic mass is 10.0. The predicted octanol–water partition coefficient (Wildman–Crippen LogP) is 1.89. The Kier molecular flexibility index (Phi) is 9.23. The van der Waals surface area contributed by atoms with E-state index in [1.807, 2.05) is 24.3 Å². The summed E-state index contributed by atoms with van der Waals surface area (Å²) in [5.74, 6) is 0.0733. The van der Waals surface area contributed by atoms with Crippen LogP contribution in [0, 0.1) is 0 Å². The van der Waals surface area contributed by atoms with Crippen molar-refractivity contribution >= 4 is 29.2 Å². The van der Waals surface area contributed by atoms with Crippen LogP contribution < -0.4 is 16.4 Å². The van der Waals surface area contributed by atoms with Gasteiger partial charge in [0.25, 0.3) is 0 Å². The van der Waals surface area contributed by atoms with Gasteiger partial charge in [0.1, 0.15) is 6.61 Å². The van der Waals surface area contributed by atoms with Crippen LogP contribution >= 0.6 is 11.6 Å². The number of halogens is 1. The summed E-state index contributed by atoms with van der Waals surface area (Å²) < 4.78 is 0. The van der Waals surface area contributed by atoms with Crippen molar-refractivity contribution in [2.24, 2.45) is 10.9 Å². The molecule has 1 unspecified atom stereocenters. The van der Waals surface area contributed by atoms with Gasteiger partial charge in [-0.25, -0.2) is 4.79 Å². The van der Waals surface area contributed by atoms with Gasteiger partial charge >= 0.3 is 6.03 Å². The molecule has 0 aromatic heterocycles. The van der Waals surface area contributed by atoms with Gasteiger partial charge in [-0.1, -0.05) is 41.0 Å². The summed E-state index contributed by atoms with van der Waals surface area (Å²) in [6, 6.07) is 13.2. The van der Waals surface area contributed by atoms with Gasteiger partial charge in [0.15, 0.2) is 5.84 Å². The first-order chi connectivity index (χ1) is 14.0. The number of carbonyl (C=O) groups is 1. The highest BCUT2D eigenvalue weighted by atomic mass is 35.5. The lowest BCUT2D eigenvalue weighted by Gasteiger charge is -2.19. The molecule has 156 valence electrons.